The molecule has 2 rings (SSSR count). The number of nitrogens with one attached hydrogen (secondary N) is 1. The van der Waals surface area contributed by atoms with Gasteiger partial charge >= 0.3 is 0 Å². The summed E-state index contributed by atoms with van der Waals surface area (Å²) in [6.45, 7) is 2.12. The molecule has 0 bridgehead atoms. The summed E-state index contributed by atoms with van der Waals surface area (Å²) in [4.78, 5) is 11.7. The monoisotopic (exact) mass is 304 g/mol. The van der Waals surface area contributed by atoms with Crippen LogP contribution in [0.2, 0.25) is 0 Å². The molecule has 0 heterocycles. The number of carbonyl (C=O) groups excluding carboxylic acids is 1. The van der Waals surface area contributed by atoms with Gasteiger partial charge in [0.05, 0.1) is 6.04 Å². The minimum atomic E-state index is -0.911. The van der Waals surface area contributed by atoms with E-state index in [4.69, 9.17) is 5.73 Å². The van der Waals surface area contributed by atoms with Crippen molar-refractivity contribution in [2.75, 3.05) is 0 Å². The lowest BCUT2D eigenvalue weighted by molar-refractivity contribution is -0.120. The third kappa shape index (κ3) is 3.89. The number of amides is 1. The Balaban J connectivity index is 2.09. The fraction of sp³-hybridized carbons (Fsp3) is 0.235. The summed E-state index contributed by atoms with van der Waals surface area (Å²) >= 11 is 0. The molecule has 0 aliphatic carbocycles. The molecule has 2 aromatic rings. The average Bonchev–Trinajstić information content (AvgIpc) is 2.51. The maximum atomic E-state index is 13.2. The minimum absolute atomic E-state index is 0.135. The zero-order valence-corrected chi connectivity index (χ0v) is 12.2. The van der Waals surface area contributed by atoms with Crippen LogP contribution in [0.5, 0.6) is 0 Å². The Kier molecular flexibility index (Phi) is 5.22. The molecule has 2 atom stereocenters. The van der Waals surface area contributed by atoms with E-state index in [0.29, 0.717) is 5.56 Å². The lowest BCUT2D eigenvalue weighted by Crippen LogP contribution is -2.44. The first-order valence-corrected chi connectivity index (χ1v) is 7.00. The van der Waals surface area contributed by atoms with Gasteiger partial charge in [-0.25, -0.2) is 8.78 Å². The van der Waals surface area contributed by atoms with Gasteiger partial charge < -0.3 is 11.1 Å². The number of carbonyl (C=O) groups is 1. The van der Waals surface area contributed by atoms with Gasteiger partial charge in [0.25, 0.3) is 0 Å². The van der Waals surface area contributed by atoms with E-state index in [2.05, 4.69) is 5.32 Å². The van der Waals surface area contributed by atoms with Crippen molar-refractivity contribution in [1.82, 2.24) is 5.32 Å². The molecule has 3 nitrogen and oxygen atoms in total. The van der Waals surface area contributed by atoms with E-state index in [1.165, 1.54) is 6.07 Å². The quantitative estimate of drug-likeness (QED) is 0.862. The topological polar surface area (TPSA) is 55.1 Å². The Morgan fingerprint density at radius 3 is 2.41 bits per heavy atom. The van der Waals surface area contributed by atoms with Gasteiger partial charge in [-0.05, 0) is 23.3 Å². The molecular formula is C17H18F2N2O. The van der Waals surface area contributed by atoms with Crippen molar-refractivity contribution in [1.29, 1.82) is 0 Å². The van der Waals surface area contributed by atoms with E-state index in [1.807, 2.05) is 37.3 Å². The Bertz CT molecular complexity index is 646. The number of primary amides is 1. The van der Waals surface area contributed by atoms with Gasteiger partial charge in [-0.2, -0.15) is 0 Å². The fourth-order valence-corrected chi connectivity index (χ4v) is 2.35. The lowest BCUT2D eigenvalue weighted by Gasteiger charge is -2.23. The first-order chi connectivity index (χ1) is 10.5. The number of benzene rings is 2. The van der Waals surface area contributed by atoms with Crippen molar-refractivity contribution in [3.8, 4) is 0 Å². The second kappa shape index (κ2) is 7.13. The van der Waals surface area contributed by atoms with Crippen molar-refractivity contribution >= 4 is 5.91 Å². The van der Waals surface area contributed by atoms with E-state index < -0.39 is 23.6 Å². The molecule has 5 heteroatoms. The third-order valence-corrected chi connectivity index (χ3v) is 3.64. The van der Waals surface area contributed by atoms with Crippen molar-refractivity contribution in [2.24, 2.45) is 5.73 Å². The van der Waals surface area contributed by atoms with Gasteiger partial charge in [0.2, 0.25) is 5.91 Å². The average molecular weight is 304 g/mol. The first-order valence-electron chi connectivity index (χ1n) is 7.00. The van der Waals surface area contributed by atoms with E-state index in [-0.39, 0.29) is 12.5 Å². The van der Waals surface area contributed by atoms with Gasteiger partial charge in [-0.15, -0.1) is 0 Å². The molecule has 22 heavy (non-hydrogen) atoms. The Morgan fingerprint density at radius 2 is 1.82 bits per heavy atom. The molecule has 0 saturated heterocycles. The highest BCUT2D eigenvalue weighted by molar-refractivity contribution is 5.81. The van der Waals surface area contributed by atoms with E-state index in [0.717, 1.165) is 17.7 Å². The maximum absolute atomic E-state index is 13.2. The maximum Gasteiger partial charge on any atom is 0.235 e. The summed E-state index contributed by atoms with van der Waals surface area (Å²) in [5, 5.41) is 3.02. The molecule has 3 N–H and O–H groups in total. The second-order valence-corrected chi connectivity index (χ2v) is 5.21. The summed E-state index contributed by atoms with van der Waals surface area (Å²) in [6, 6.07) is 12.5. The highest BCUT2D eigenvalue weighted by atomic mass is 19.2. The smallest absolute Gasteiger partial charge is 0.235 e. The van der Waals surface area contributed by atoms with Crippen molar-refractivity contribution in [3.63, 3.8) is 0 Å². The van der Waals surface area contributed by atoms with Crippen LogP contribution in [0, 0.1) is 11.6 Å². The zero-order chi connectivity index (χ0) is 16.1. The van der Waals surface area contributed by atoms with Crippen LogP contribution in [-0.2, 0) is 11.3 Å². The molecule has 0 radical (unpaired) electrons. The van der Waals surface area contributed by atoms with Crippen LogP contribution < -0.4 is 11.1 Å². The number of halogens is 2. The van der Waals surface area contributed by atoms with Gasteiger partial charge in [0.1, 0.15) is 0 Å². The summed E-state index contributed by atoms with van der Waals surface area (Å²) in [5.74, 6) is -2.43. The number of nitrogens with two attached hydrogens (primary N) is 1. The van der Waals surface area contributed by atoms with E-state index in [9.17, 15) is 13.6 Å². The van der Waals surface area contributed by atoms with Crippen LogP contribution >= 0.6 is 0 Å². The predicted molar refractivity (Wildman–Crippen MR) is 81.0 cm³/mol. The molecule has 116 valence electrons. The molecule has 2 aromatic carbocycles. The van der Waals surface area contributed by atoms with Crippen molar-refractivity contribution in [3.05, 3.63) is 71.3 Å². The summed E-state index contributed by atoms with van der Waals surface area (Å²) in [6.07, 6.45) is 0. The SMILES string of the molecule is CC(c1ccccc1)C(NCc1ccc(F)c(F)c1)C(N)=O. The molecule has 0 aliphatic heterocycles. The Labute approximate surface area is 128 Å². The largest absolute Gasteiger partial charge is 0.368 e. The fourth-order valence-electron chi connectivity index (χ4n) is 2.35. The van der Waals surface area contributed by atoms with Gasteiger partial charge in [0.15, 0.2) is 11.6 Å². The van der Waals surface area contributed by atoms with Crippen LogP contribution in [0.15, 0.2) is 48.5 Å². The number of hydrogen-bond donors (Lipinski definition) is 2. The summed E-state index contributed by atoms with van der Waals surface area (Å²) in [5.41, 5.74) is 6.98. The highest BCUT2D eigenvalue weighted by Crippen LogP contribution is 2.19. The van der Waals surface area contributed by atoms with Gasteiger partial charge in [-0.3, -0.25) is 4.79 Å². The van der Waals surface area contributed by atoms with Crippen LogP contribution in [0.25, 0.3) is 0 Å². The predicted octanol–water partition coefficient (Wildman–Crippen LogP) is 2.71. The molecule has 1 amide bonds. The molecule has 0 spiro atoms. The van der Waals surface area contributed by atoms with Gasteiger partial charge in [0, 0.05) is 12.5 Å². The van der Waals surface area contributed by atoms with Gasteiger partial charge in [-0.1, -0.05) is 43.3 Å². The molecule has 2 unspecified atom stereocenters. The third-order valence-electron chi connectivity index (χ3n) is 3.64. The molecule has 0 saturated carbocycles. The normalized spacial score (nSPS) is 13.6. The lowest BCUT2D eigenvalue weighted by atomic mass is 9.92. The number of hydrogen-bond acceptors (Lipinski definition) is 2. The minimum Gasteiger partial charge on any atom is -0.368 e. The Hall–Kier alpha value is -2.27. The summed E-state index contributed by atoms with van der Waals surface area (Å²) < 4.78 is 26.1. The van der Waals surface area contributed by atoms with Crippen molar-refractivity contribution in [2.45, 2.75) is 25.4 Å². The Morgan fingerprint density at radius 1 is 1.14 bits per heavy atom. The van der Waals surface area contributed by atoms with E-state index >= 15 is 0 Å². The second-order valence-electron chi connectivity index (χ2n) is 5.21. The van der Waals surface area contributed by atoms with Crippen LogP contribution in [-0.4, -0.2) is 11.9 Å². The zero-order valence-electron chi connectivity index (χ0n) is 12.2. The molecule has 0 aliphatic rings. The number of rotatable bonds is 6. The standard InChI is InChI=1S/C17H18F2N2O/c1-11(13-5-3-2-4-6-13)16(17(20)22)21-10-12-7-8-14(18)15(19)9-12/h2-9,11,16,21H,10H2,1H3,(H2,20,22). The highest BCUT2D eigenvalue weighted by Gasteiger charge is 2.23. The van der Waals surface area contributed by atoms with Crippen LogP contribution in [0.1, 0.15) is 24.0 Å². The summed E-state index contributed by atoms with van der Waals surface area (Å²) in [7, 11) is 0. The molecular weight excluding hydrogens is 286 g/mol. The van der Waals surface area contributed by atoms with Crippen LogP contribution in [0.4, 0.5) is 8.78 Å². The molecule has 0 aromatic heterocycles. The van der Waals surface area contributed by atoms with E-state index in [1.54, 1.807) is 0 Å². The van der Waals surface area contributed by atoms with Crippen molar-refractivity contribution < 1.29 is 13.6 Å². The first kappa shape index (κ1) is 16.1. The van der Waals surface area contributed by atoms with Crippen LogP contribution in [0.3, 0.4) is 0 Å². The molecule has 0 fully saturated rings.